The number of ether oxygens (including phenoxy) is 1. The lowest BCUT2D eigenvalue weighted by atomic mass is 9.86. The van der Waals surface area contributed by atoms with E-state index < -0.39 is 0 Å². The fourth-order valence-corrected chi connectivity index (χ4v) is 5.64. The van der Waals surface area contributed by atoms with E-state index in [0.29, 0.717) is 32.0 Å². The normalized spacial score (nSPS) is 20.8. The summed E-state index contributed by atoms with van der Waals surface area (Å²) in [4.78, 5) is 36.6. The highest BCUT2D eigenvalue weighted by Crippen LogP contribution is 2.39. The van der Waals surface area contributed by atoms with Crippen molar-refractivity contribution < 1.29 is 14.3 Å². The van der Waals surface area contributed by atoms with Gasteiger partial charge in [-0.2, -0.15) is 5.10 Å². The molecule has 0 aliphatic carbocycles. The molecule has 3 aliphatic rings. The number of amides is 3. The van der Waals surface area contributed by atoms with Gasteiger partial charge in [0.2, 0.25) is 5.91 Å². The monoisotopic (exact) mass is 490 g/mol. The Morgan fingerprint density at radius 1 is 1.22 bits per heavy atom. The predicted octanol–water partition coefficient (Wildman–Crippen LogP) is 3.15. The van der Waals surface area contributed by atoms with Crippen LogP contribution >= 0.6 is 0 Å². The van der Waals surface area contributed by atoms with Crippen LogP contribution in [0.25, 0.3) is 0 Å². The number of rotatable bonds is 6. The lowest BCUT2D eigenvalue weighted by molar-refractivity contribution is -0.131. The van der Waals surface area contributed by atoms with Gasteiger partial charge in [-0.25, -0.2) is 9.78 Å². The number of benzene rings is 1. The first-order valence-electron chi connectivity index (χ1n) is 12.7. The number of hydrogen-bond acceptors (Lipinski definition) is 6. The average molecular weight is 491 g/mol. The number of likely N-dealkylation sites (tertiary alicyclic amines) is 1. The molecule has 1 aromatic carbocycles. The summed E-state index contributed by atoms with van der Waals surface area (Å²) in [6.45, 7) is 6.80. The SMILES string of the molecule is CCc1nc(N2CC3(CCN(C(C)=O)CC3)N(Cc3cccc(OC)c3)C2=O)ccc1C1C=NNC1. The van der Waals surface area contributed by atoms with Gasteiger partial charge in [-0.15, -0.1) is 0 Å². The number of carbonyl (C=O) groups is 2. The zero-order chi connectivity index (χ0) is 25.3. The zero-order valence-corrected chi connectivity index (χ0v) is 21.2. The highest BCUT2D eigenvalue weighted by molar-refractivity contribution is 5.94. The molecule has 2 fully saturated rings. The van der Waals surface area contributed by atoms with Crippen LogP contribution in [0.5, 0.6) is 5.75 Å². The van der Waals surface area contributed by atoms with E-state index >= 15 is 0 Å². The van der Waals surface area contributed by atoms with Gasteiger partial charge in [0.15, 0.2) is 0 Å². The Balaban J connectivity index is 1.46. The number of hydrogen-bond donors (Lipinski definition) is 1. The summed E-state index contributed by atoms with van der Waals surface area (Å²) in [5.74, 6) is 1.74. The Morgan fingerprint density at radius 2 is 2.03 bits per heavy atom. The largest absolute Gasteiger partial charge is 0.497 e. The van der Waals surface area contributed by atoms with Gasteiger partial charge in [0, 0.05) is 50.9 Å². The Hall–Kier alpha value is -3.62. The summed E-state index contributed by atoms with van der Waals surface area (Å²) in [6.07, 6.45) is 4.18. The molecule has 1 aromatic heterocycles. The topological polar surface area (TPSA) is 90.4 Å². The first-order chi connectivity index (χ1) is 17.4. The Morgan fingerprint density at radius 3 is 2.69 bits per heavy atom. The molecule has 0 bridgehead atoms. The second-order valence-corrected chi connectivity index (χ2v) is 9.84. The lowest BCUT2D eigenvalue weighted by Crippen LogP contribution is -2.54. The number of methoxy groups -OCH3 is 1. The number of urea groups is 1. The third-order valence-corrected chi connectivity index (χ3v) is 7.76. The standard InChI is InChI=1S/C27H34N6O3/c1-4-24-23(21-15-28-29-16-21)8-9-25(30-24)32-18-27(10-12-31(13-11-27)19(2)34)33(26(32)35)17-20-6-5-7-22(14-20)36-3/h5-9,14-15,21,29H,4,10-13,16-18H2,1-3H3. The Labute approximate surface area is 212 Å². The summed E-state index contributed by atoms with van der Waals surface area (Å²) in [7, 11) is 1.65. The van der Waals surface area contributed by atoms with Crippen molar-refractivity contribution in [3.05, 3.63) is 53.2 Å². The van der Waals surface area contributed by atoms with Gasteiger partial charge >= 0.3 is 6.03 Å². The average Bonchev–Trinajstić information content (AvgIpc) is 3.52. The molecule has 1 N–H and O–H groups in total. The van der Waals surface area contributed by atoms with E-state index in [1.165, 1.54) is 0 Å². The van der Waals surface area contributed by atoms with Gasteiger partial charge in [-0.05, 0) is 48.6 Å². The minimum Gasteiger partial charge on any atom is -0.497 e. The molecular formula is C27H34N6O3. The molecule has 1 unspecified atom stereocenters. The third kappa shape index (κ3) is 4.38. The minimum absolute atomic E-state index is 0.0412. The van der Waals surface area contributed by atoms with Crippen LogP contribution in [-0.4, -0.2) is 71.8 Å². The van der Waals surface area contributed by atoms with Crippen LogP contribution in [0.1, 0.15) is 49.4 Å². The fourth-order valence-electron chi connectivity index (χ4n) is 5.64. The van der Waals surface area contributed by atoms with Crippen molar-refractivity contribution in [3.8, 4) is 5.75 Å². The maximum Gasteiger partial charge on any atom is 0.326 e. The van der Waals surface area contributed by atoms with E-state index in [1.807, 2.05) is 51.2 Å². The zero-order valence-electron chi connectivity index (χ0n) is 21.2. The molecule has 190 valence electrons. The van der Waals surface area contributed by atoms with Gasteiger partial charge in [0.05, 0.1) is 19.2 Å². The van der Waals surface area contributed by atoms with Crippen LogP contribution in [0.4, 0.5) is 10.6 Å². The molecule has 3 aliphatic heterocycles. The number of piperidine rings is 1. The second-order valence-electron chi connectivity index (χ2n) is 9.84. The van der Waals surface area contributed by atoms with Crippen molar-refractivity contribution in [1.82, 2.24) is 20.2 Å². The van der Waals surface area contributed by atoms with Crippen LogP contribution in [0.3, 0.4) is 0 Å². The van der Waals surface area contributed by atoms with Crippen molar-refractivity contribution in [2.45, 2.75) is 51.1 Å². The highest BCUT2D eigenvalue weighted by Gasteiger charge is 2.51. The third-order valence-electron chi connectivity index (χ3n) is 7.76. The quantitative estimate of drug-likeness (QED) is 0.672. The molecule has 9 heteroatoms. The van der Waals surface area contributed by atoms with E-state index in [4.69, 9.17) is 9.72 Å². The van der Waals surface area contributed by atoms with Crippen LogP contribution < -0.4 is 15.1 Å². The maximum atomic E-state index is 14.0. The van der Waals surface area contributed by atoms with E-state index in [9.17, 15) is 9.59 Å². The highest BCUT2D eigenvalue weighted by atomic mass is 16.5. The number of pyridine rings is 1. The number of nitrogens with zero attached hydrogens (tertiary/aromatic N) is 5. The number of carbonyl (C=O) groups excluding carboxylic acids is 2. The molecule has 1 atom stereocenters. The number of anilines is 1. The smallest absolute Gasteiger partial charge is 0.326 e. The summed E-state index contributed by atoms with van der Waals surface area (Å²) in [5, 5.41) is 4.16. The molecule has 9 nitrogen and oxygen atoms in total. The molecule has 2 aromatic rings. The molecule has 4 heterocycles. The number of hydrazone groups is 1. The van der Waals surface area contributed by atoms with Crippen LogP contribution in [0, 0.1) is 0 Å². The van der Waals surface area contributed by atoms with Crippen LogP contribution in [0.2, 0.25) is 0 Å². The Bertz CT molecular complexity index is 1170. The van der Waals surface area contributed by atoms with E-state index in [2.05, 4.69) is 23.5 Å². The molecule has 1 spiro atoms. The molecular weight excluding hydrogens is 456 g/mol. The first kappa shape index (κ1) is 24.1. The first-order valence-corrected chi connectivity index (χ1v) is 12.7. The Kier molecular flexibility index (Phi) is 6.55. The van der Waals surface area contributed by atoms with Crippen molar-refractivity contribution in [2.75, 3.05) is 38.2 Å². The van der Waals surface area contributed by atoms with Crippen LogP contribution in [0.15, 0.2) is 41.5 Å². The van der Waals surface area contributed by atoms with Gasteiger partial charge in [0.1, 0.15) is 11.6 Å². The molecule has 36 heavy (non-hydrogen) atoms. The summed E-state index contributed by atoms with van der Waals surface area (Å²) >= 11 is 0. The molecule has 5 rings (SSSR count). The summed E-state index contributed by atoms with van der Waals surface area (Å²) in [5.41, 5.74) is 5.82. The fraction of sp³-hybridized carbons (Fsp3) is 0.481. The van der Waals surface area contributed by atoms with E-state index in [1.54, 1.807) is 14.0 Å². The van der Waals surface area contributed by atoms with E-state index in [0.717, 1.165) is 48.4 Å². The number of aromatic nitrogens is 1. The van der Waals surface area contributed by atoms with Gasteiger partial charge < -0.3 is 20.0 Å². The van der Waals surface area contributed by atoms with Gasteiger partial charge in [0.25, 0.3) is 0 Å². The minimum atomic E-state index is -0.360. The summed E-state index contributed by atoms with van der Waals surface area (Å²) < 4.78 is 5.41. The lowest BCUT2D eigenvalue weighted by Gasteiger charge is -2.43. The second kappa shape index (κ2) is 9.79. The summed E-state index contributed by atoms with van der Waals surface area (Å²) in [6, 6.07) is 11.9. The maximum absolute atomic E-state index is 14.0. The number of nitrogens with one attached hydrogen (secondary N) is 1. The number of aryl methyl sites for hydroxylation is 1. The molecule has 0 saturated carbocycles. The predicted molar refractivity (Wildman–Crippen MR) is 138 cm³/mol. The molecule has 3 amide bonds. The van der Waals surface area contributed by atoms with Gasteiger partial charge in [-0.3, -0.25) is 9.69 Å². The molecule has 2 saturated heterocycles. The van der Waals surface area contributed by atoms with Crippen molar-refractivity contribution in [2.24, 2.45) is 5.10 Å². The van der Waals surface area contributed by atoms with Crippen molar-refractivity contribution >= 4 is 24.0 Å². The van der Waals surface area contributed by atoms with Crippen LogP contribution in [-0.2, 0) is 17.8 Å². The van der Waals surface area contributed by atoms with Crippen molar-refractivity contribution in [3.63, 3.8) is 0 Å². The van der Waals surface area contributed by atoms with Gasteiger partial charge in [-0.1, -0.05) is 25.1 Å². The van der Waals surface area contributed by atoms with E-state index in [-0.39, 0.29) is 23.4 Å². The van der Waals surface area contributed by atoms with Crippen molar-refractivity contribution in [1.29, 1.82) is 0 Å². The molecule has 0 radical (unpaired) electrons.